The number of hydrogen-bond donors (Lipinski definition) is 2. The van der Waals surface area contributed by atoms with Crippen LogP contribution in [0.4, 0.5) is 11.6 Å². The average molecular weight is 354 g/mol. The molecular weight excluding hydrogens is 336 g/mol. The fourth-order valence-corrected chi connectivity index (χ4v) is 2.44. The van der Waals surface area contributed by atoms with Gasteiger partial charge in [0.25, 0.3) is 5.69 Å². The van der Waals surface area contributed by atoms with Gasteiger partial charge < -0.3 is 10.4 Å². The van der Waals surface area contributed by atoms with Crippen LogP contribution in [0.5, 0.6) is 0 Å². The number of aliphatic hydroxyl groups excluding tert-OH is 1. The first-order valence-electron chi connectivity index (χ1n) is 8.04. The number of nitrogens with one attached hydrogen (secondary N) is 1. The van der Waals surface area contributed by atoms with Crippen molar-refractivity contribution >= 4 is 11.6 Å². The lowest BCUT2D eigenvalue weighted by Gasteiger charge is -2.10. The Bertz CT molecular complexity index is 909. The van der Waals surface area contributed by atoms with Gasteiger partial charge in [-0.2, -0.15) is 4.98 Å². The molecule has 0 unspecified atom stereocenters. The number of benzene rings is 1. The van der Waals surface area contributed by atoms with E-state index in [1.165, 1.54) is 12.1 Å². The van der Waals surface area contributed by atoms with Crippen LogP contribution in [0, 0.1) is 10.1 Å². The molecule has 0 aliphatic rings. The Hall–Kier alpha value is -3.33. The van der Waals surface area contributed by atoms with Crippen LogP contribution in [0.1, 0.15) is 18.3 Å². The Balaban J connectivity index is 1.84. The van der Waals surface area contributed by atoms with E-state index in [9.17, 15) is 15.2 Å². The third-order valence-corrected chi connectivity index (χ3v) is 3.64. The fraction of sp³-hybridized carbons (Fsp3) is 0.235. The first-order valence-corrected chi connectivity index (χ1v) is 8.04. The monoisotopic (exact) mass is 354 g/mol. The van der Waals surface area contributed by atoms with Crippen LogP contribution in [0.15, 0.2) is 48.9 Å². The van der Waals surface area contributed by atoms with Gasteiger partial charge in [0.05, 0.1) is 11.0 Å². The zero-order chi connectivity index (χ0) is 18.5. The molecule has 3 rings (SSSR count). The smallest absolute Gasteiger partial charge is 0.269 e. The lowest BCUT2D eigenvalue weighted by atomic mass is 10.1. The van der Waals surface area contributed by atoms with E-state index >= 15 is 0 Å². The first kappa shape index (κ1) is 17.5. The molecule has 1 aromatic carbocycles. The van der Waals surface area contributed by atoms with Gasteiger partial charge in [-0.15, -0.1) is 0 Å². The van der Waals surface area contributed by atoms with Crippen LogP contribution in [-0.2, 0) is 6.42 Å². The standard InChI is InChI=1S/C17H18N6O3/c1-12(24)11-20-17-19-6-5-15(21-17)22-8-7-18-16(22)10-13-3-2-4-14(9-13)23(25)26/h2-9,12,24H,10-11H2,1H3,(H,19,20,21)/t12-/m0/s1. The summed E-state index contributed by atoms with van der Waals surface area (Å²) in [7, 11) is 0. The second-order valence-electron chi connectivity index (χ2n) is 5.79. The van der Waals surface area contributed by atoms with E-state index in [2.05, 4.69) is 20.3 Å². The Morgan fingerprint density at radius 2 is 2.15 bits per heavy atom. The molecule has 0 saturated carbocycles. The van der Waals surface area contributed by atoms with Crippen molar-refractivity contribution < 1.29 is 10.0 Å². The van der Waals surface area contributed by atoms with Crippen LogP contribution in [-0.4, -0.2) is 42.2 Å². The fourth-order valence-electron chi connectivity index (χ4n) is 2.44. The molecule has 2 N–H and O–H groups in total. The maximum atomic E-state index is 10.9. The molecule has 0 saturated heterocycles. The Labute approximate surface area is 149 Å². The van der Waals surface area contributed by atoms with E-state index < -0.39 is 11.0 Å². The summed E-state index contributed by atoms with van der Waals surface area (Å²) in [6.07, 6.45) is 4.95. The summed E-state index contributed by atoms with van der Waals surface area (Å²) in [5.41, 5.74) is 0.834. The predicted octanol–water partition coefficient (Wildman–Crippen LogP) is 1.95. The molecule has 0 amide bonds. The number of aromatic nitrogens is 4. The van der Waals surface area contributed by atoms with Crippen molar-refractivity contribution in [2.45, 2.75) is 19.4 Å². The van der Waals surface area contributed by atoms with E-state index in [1.54, 1.807) is 42.2 Å². The first-order chi connectivity index (χ1) is 12.5. The van der Waals surface area contributed by atoms with Gasteiger partial charge in [-0.25, -0.2) is 9.97 Å². The summed E-state index contributed by atoms with van der Waals surface area (Å²) in [5.74, 6) is 1.72. The molecule has 2 aromatic heterocycles. The van der Waals surface area contributed by atoms with Crippen LogP contribution < -0.4 is 5.32 Å². The number of non-ortho nitro benzene ring substituents is 1. The van der Waals surface area contributed by atoms with Crippen molar-refractivity contribution in [2.75, 3.05) is 11.9 Å². The number of nitro groups is 1. The van der Waals surface area contributed by atoms with Crippen LogP contribution in [0.25, 0.3) is 5.82 Å². The highest BCUT2D eigenvalue weighted by molar-refractivity contribution is 5.37. The number of aliphatic hydroxyl groups is 1. The highest BCUT2D eigenvalue weighted by atomic mass is 16.6. The second-order valence-corrected chi connectivity index (χ2v) is 5.79. The summed E-state index contributed by atoms with van der Waals surface area (Å²) < 4.78 is 1.80. The Morgan fingerprint density at radius 3 is 2.92 bits per heavy atom. The largest absolute Gasteiger partial charge is 0.392 e. The third-order valence-electron chi connectivity index (χ3n) is 3.64. The van der Waals surface area contributed by atoms with Gasteiger partial charge in [0.15, 0.2) is 0 Å². The lowest BCUT2D eigenvalue weighted by molar-refractivity contribution is -0.384. The summed E-state index contributed by atoms with van der Waals surface area (Å²) in [5, 5.41) is 23.2. The number of anilines is 1. The van der Waals surface area contributed by atoms with Crippen molar-refractivity contribution in [3.05, 3.63) is 70.4 Å². The Kier molecular flexibility index (Phi) is 5.18. The SMILES string of the molecule is C[C@H](O)CNc1nccc(-n2ccnc2Cc2cccc([N+](=O)[O-])c2)n1. The number of rotatable bonds is 7. The van der Waals surface area contributed by atoms with Crippen molar-refractivity contribution in [1.82, 2.24) is 19.5 Å². The Morgan fingerprint density at radius 1 is 1.31 bits per heavy atom. The molecule has 2 heterocycles. The number of imidazole rings is 1. The minimum atomic E-state index is -0.514. The molecular formula is C17H18N6O3. The van der Waals surface area contributed by atoms with Crippen molar-refractivity contribution in [3.63, 3.8) is 0 Å². The predicted molar refractivity (Wildman–Crippen MR) is 95.2 cm³/mol. The lowest BCUT2D eigenvalue weighted by Crippen LogP contribution is -2.17. The summed E-state index contributed by atoms with van der Waals surface area (Å²) in [6.45, 7) is 2.01. The topological polar surface area (TPSA) is 119 Å². The van der Waals surface area contributed by atoms with Gasteiger partial charge in [0, 0.05) is 43.7 Å². The minimum Gasteiger partial charge on any atom is -0.392 e. The minimum absolute atomic E-state index is 0.0484. The molecule has 9 heteroatoms. The molecule has 0 aliphatic carbocycles. The summed E-state index contributed by atoms with van der Waals surface area (Å²) >= 11 is 0. The van der Waals surface area contributed by atoms with Gasteiger partial charge >= 0.3 is 0 Å². The van der Waals surface area contributed by atoms with Gasteiger partial charge in [0.1, 0.15) is 11.6 Å². The van der Waals surface area contributed by atoms with Crippen LogP contribution >= 0.6 is 0 Å². The molecule has 3 aromatic rings. The molecule has 0 fully saturated rings. The van der Waals surface area contributed by atoms with Crippen molar-refractivity contribution in [3.8, 4) is 5.82 Å². The van der Waals surface area contributed by atoms with Gasteiger partial charge in [-0.05, 0) is 18.6 Å². The number of nitrogens with zero attached hydrogens (tertiary/aromatic N) is 5. The second kappa shape index (κ2) is 7.70. The van der Waals surface area contributed by atoms with E-state index in [0.717, 1.165) is 5.56 Å². The van der Waals surface area contributed by atoms with Gasteiger partial charge in [-0.3, -0.25) is 14.7 Å². The normalized spacial score (nSPS) is 11.9. The van der Waals surface area contributed by atoms with Crippen LogP contribution in [0.2, 0.25) is 0 Å². The van der Waals surface area contributed by atoms with Gasteiger partial charge in [0.2, 0.25) is 5.95 Å². The van der Waals surface area contributed by atoms with Crippen molar-refractivity contribution in [1.29, 1.82) is 0 Å². The molecule has 134 valence electrons. The summed E-state index contributed by atoms with van der Waals surface area (Å²) in [6, 6.07) is 8.21. The molecule has 0 bridgehead atoms. The molecule has 0 radical (unpaired) electrons. The highest BCUT2D eigenvalue weighted by Crippen LogP contribution is 2.17. The molecule has 1 atom stereocenters. The zero-order valence-electron chi connectivity index (χ0n) is 14.1. The molecule has 26 heavy (non-hydrogen) atoms. The van der Waals surface area contributed by atoms with E-state index in [-0.39, 0.29) is 5.69 Å². The molecule has 0 spiro atoms. The summed E-state index contributed by atoms with van der Waals surface area (Å²) in [4.78, 5) is 23.4. The van der Waals surface area contributed by atoms with E-state index in [0.29, 0.717) is 30.6 Å². The van der Waals surface area contributed by atoms with Crippen molar-refractivity contribution in [2.24, 2.45) is 0 Å². The highest BCUT2D eigenvalue weighted by Gasteiger charge is 2.11. The number of hydrogen-bond acceptors (Lipinski definition) is 7. The van der Waals surface area contributed by atoms with Gasteiger partial charge in [-0.1, -0.05) is 12.1 Å². The quantitative estimate of drug-likeness (QED) is 0.491. The van der Waals surface area contributed by atoms with E-state index in [4.69, 9.17) is 0 Å². The molecule has 9 nitrogen and oxygen atoms in total. The van der Waals surface area contributed by atoms with E-state index in [1.807, 2.05) is 6.07 Å². The number of nitro benzene ring substituents is 1. The maximum absolute atomic E-state index is 10.9. The van der Waals surface area contributed by atoms with Crippen LogP contribution in [0.3, 0.4) is 0 Å². The maximum Gasteiger partial charge on any atom is 0.269 e. The average Bonchev–Trinajstić information content (AvgIpc) is 3.08. The molecule has 0 aliphatic heterocycles. The zero-order valence-corrected chi connectivity index (χ0v) is 14.1. The third kappa shape index (κ3) is 4.19.